The van der Waals surface area contributed by atoms with E-state index in [-0.39, 0.29) is 5.91 Å². The molecule has 0 fully saturated rings. The summed E-state index contributed by atoms with van der Waals surface area (Å²) in [6.45, 7) is 0. The molecule has 0 saturated carbocycles. The second-order valence-electron chi connectivity index (χ2n) is 4.31. The van der Waals surface area contributed by atoms with E-state index in [4.69, 9.17) is 4.74 Å². The van der Waals surface area contributed by atoms with Gasteiger partial charge in [-0.15, -0.1) is 0 Å². The molecule has 19 heavy (non-hydrogen) atoms. The van der Waals surface area contributed by atoms with E-state index < -0.39 is 6.23 Å². The van der Waals surface area contributed by atoms with Crippen LogP contribution in [0.4, 0.5) is 5.69 Å². The highest BCUT2D eigenvalue weighted by Gasteiger charge is 2.38. The normalized spacial score (nSPS) is 17.5. The van der Waals surface area contributed by atoms with Crippen LogP contribution >= 0.6 is 0 Å². The number of nitrogens with zero attached hydrogens (tertiary/aromatic N) is 1. The van der Waals surface area contributed by atoms with Gasteiger partial charge in [0.25, 0.3) is 5.91 Å². The standard InChI is InChI=1S/C15H13NO3/c1-19-12-9-5-8-11-13(12)15(18)16(14(11)17)10-6-3-2-4-7-10/h2-9,14,17H,1H3. The number of methoxy groups -OCH3 is 1. The van der Waals surface area contributed by atoms with Crippen LogP contribution < -0.4 is 9.64 Å². The van der Waals surface area contributed by atoms with E-state index in [0.717, 1.165) is 0 Å². The number of benzene rings is 2. The molecule has 0 spiro atoms. The van der Waals surface area contributed by atoms with Crippen molar-refractivity contribution in [3.8, 4) is 5.75 Å². The number of carbonyl (C=O) groups is 1. The van der Waals surface area contributed by atoms with Crippen LogP contribution in [-0.4, -0.2) is 18.1 Å². The number of ether oxygens (including phenoxy) is 1. The maximum atomic E-state index is 12.5. The molecule has 1 heterocycles. The summed E-state index contributed by atoms with van der Waals surface area (Å²) in [5, 5.41) is 10.3. The topological polar surface area (TPSA) is 49.8 Å². The molecule has 0 aromatic heterocycles. The first-order chi connectivity index (χ1) is 9.24. The summed E-state index contributed by atoms with van der Waals surface area (Å²) in [6, 6.07) is 14.3. The van der Waals surface area contributed by atoms with Crippen molar-refractivity contribution in [1.29, 1.82) is 0 Å². The number of hydrogen-bond donors (Lipinski definition) is 1. The zero-order chi connectivity index (χ0) is 13.4. The number of rotatable bonds is 2. The Bertz CT molecular complexity index is 625. The molecule has 0 radical (unpaired) electrons. The van der Waals surface area contributed by atoms with Crippen molar-refractivity contribution in [3.05, 3.63) is 59.7 Å². The Labute approximate surface area is 110 Å². The highest BCUT2D eigenvalue weighted by atomic mass is 16.5. The van der Waals surface area contributed by atoms with E-state index in [9.17, 15) is 9.90 Å². The molecule has 3 rings (SSSR count). The number of aliphatic hydroxyl groups excluding tert-OH is 1. The lowest BCUT2D eigenvalue weighted by molar-refractivity contribution is 0.0933. The van der Waals surface area contributed by atoms with Crippen LogP contribution in [0.25, 0.3) is 0 Å². The fourth-order valence-corrected chi connectivity index (χ4v) is 2.38. The van der Waals surface area contributed by atoms with Gasteiger partial charge in [-0.25, -0.2) is 0 Å². The Kier molecular flexibility index (Phi) is 2.72. The zero-order valence-electron chi connectivity index (χ0n) is 10.4. The van der Waals surface area contributed by atoms with E-state index in [1.807, 2.05) is 18.2 Å². The SMILES string of the molecule is COc1cccc2c1C(=O)N(c1ccccc1)C2O. The molecule has 1 amide bonds. The van der Waals surface area contributed by atoms with Gasteiger partial charge in [0, 0.05) is 11.3 Å². The van der Waals surface area contributed by atoms with E-state index in [2.05, 4.69) is 0 Å². The molecule has 4 nitrogen and oxygen atoms in total. The molecular weight excluding hydrogens is 242 g/mol. The van der Waals surface area contributed by atoms with Gasteiger partial charge in [-0.1, -0.05) is 30.3 Å². The molecule has 1 aliphatic rings. The number of hydrogen-bond acceptors (Lipinski definition) is 3. The third kappa shape index (κ3) is 1.69. The summed E-state index contributed by atoms with van der Waals surface area (Å²) in [7, 11) is 1.51. The maximum Gasteiger partial charge on any atom is 0.264 e. The summed E-state index contributed by atoms with van der Waals surface area (Å²) in [6.07, 6.45) is -0.972. The minimum absolute atomic E-state index is 0.244. The van der Waals surface area contributed by atoms with Gasteiger partial charge in [-0.2, -0.15) is 0 Å². The molecule has 0 saturated heterocycles. The molecule has 96 valence electrons. The van der Waals surface area contributed by atoms with Crippen LogP contribution in [0.15, 0.2) is 48.5 Å². The number of fused-ring (bicyclic) bond motifs is 1. The van der Waals surface area contributed by atoms with Crippen molar-refractivity contribution >= 4 is 11.6 Å². The number of carbonyl (C=O) groups excluding carboxylic acids is 1. The maximum absolute atomic E-state index is 12.5. The van der Waals surface area contributed by atoms with Gasteiger partial charge in [0.2, 0.25) is 0 Å². The van der Waals surface area contributed by atoms with Crippen molar-refractivity contribution in [2.45, 2.75) is 6.23 Å². The van der Waals surface area contributed by atoms with Gasteiger partial charge in [-0.05, 0) is 18.2 Å². The first-order valence-corrected chi connectivity index (χ1v) is 5.97. The van der Waals surface area contributed by atoms with Crippen LogP contribution in [0.2, 0.25) is 0 Å². The monoisotopic (exact) mass is 255 g/mol. The molecule has 1 atom stereocenters. The van der Waals surface area contributed by atoms with Crippen molar-refractivity contribution in [3.63, 3.8) is 0 Å². The average Bonchev–Trinajstić information content (AvgIpc) is 2.72. The van der Waals surface area contributed by atoms with Gasteiger partial charge in [0.15, 0.2) is 6.23 Å². The Morgan fingerprint density at radius 3 is 2.53 bits per heavy atom. The third-order valence-electron chi connectivity index (χ3n) is 3.27. The lowest BCUT2D eigenvalue weighted by atomic mass is 10.1. The molecule has 1 aliphatic heterocycles. The number of anilines is 1. The Balaban J connectivity index is 2.12. The molecular formula is C15H13NO3. The molecule has 2 aromatic rings. The van der Waals surface area contributed by atoms with Gasteiger partial charge in [-0.3, -0.25) is 9.69 Å². The predicted molar refractivity (Wildman–Crippen MR) is 71.2 cm³/mol. The lowest BCUT2D eigenvalue weighted by Crippen LogP contribution is -2.27. The largest absolute Gasteiger partial charge is 0.496 e. The third-order valence-corrected chi connectivity index (χ3v) is 3.27. The Morgan fingerprint density at radius 1 is 1.11 bits per heavy atom. The summed E-state index contributed by atoms with van der Waals surface area (Å²) >= 11 is 0. The number of aliphatic hydroxyl groups is 1. The molecule has 0 aliphatic carbocycles. The molecule has 1 unspecified atom stereocenters. The second-order valence-corrected chi connectivity index (χ2v) is 4.31. The smallest absolute Gasteiger partial charge is 0.264 e. The van der Waals surface area contributed by atoms with E-state index in [1.54, 1.807) is 30.3 Å². The van der Waals surface area contributed by atoms with Crippen LogP contribution in [0.1, 0.15) is 22.1 Å². The van der Waals surface area contributed by atoms with Crippen molar-refractivity contribution in [2.24, 2.45) is 0 Å². The highest BCUT2D eigenvalue weighted by Crippen LogP contribution is 2.39. The fourth-order valence-electron chi connectivity index (χ4n) is 2.38. The first-order valence-electron chi connectivity index (χ1n) is 5.97. The van der Waals surface area contributed by atoms with Crippen molar-refractivity contribution in [2.75, 3.05) is 12.0 Å². The Hall–Kier alpha value is -2.33. The van der Waals surface area contributed by atoms with Gasteiger partial charge >= 0.3 is 0 Å². The number of para-hydroxylation sites is 1. The molecule has 1 N–H and O–H groups in total. The molecule has 4 heteroatoms. The quantitative estimate of drug-likeness (QED) is 0.896. The van der Waals surface area contributed by atoms with E-state index in [1.165, 1.54) is 12.0 Å². The van der Waals surface area contributed by atoms with Gasteiger partial charge < -0.3 is 9.84 Å². The van der Waals surface area contributed by atoms with Crippen LogP contribution in [0.5, 0.6) is 5.75 Å². The summed E-state index contributed by atoms with van der Waals surface area (Å²) in [5.41, 5.74) is 1.67. The van der Waals surface area contributed by atoms with Crippen molar-refractivity contribution in [1.82, 2.24) is 0 Å². The van der Waals surface area contributed by atoms with E-state index in [0.29, 0.717) is 22.6 Å². The van der Waals surface area contributed by atoms with Crippen LogP contribution in [0, 0.1) is 0 Å². The Morgan fingerprint density at radius 2 is 1.84 bits per heavy atom. The van der Waals surface area contributed by atoms with Crippen molar-refractivity contribution < 1.29 is 14.6 Å². The number of amides is 1. The summed E-state index contributed by atoms with van der Waals surface area (Å²) in [5.74, 6) is 0.242. The van der Waals surface area contributed by atoms with Crippen LogP contribution in [0.3, 0.4) is 0 Å². The second kappa shape index (κ2) is 4.40. The van der Waals surface area contributed by atoms with Gasteiger partial charge in [0.05, 0.1) is 12.7 Å². The minimum atomic E-state index is -0.972. The minimum Gasteiger partial charge on any atom is -0.496 e. The summed E-state index contributed by atoms with van der Waals surface area (Å²) < 4.78 is 5.20. The molecule has 2 aromatic carbocycles. The fraction of sp³-hybridized carbons (Fsp3) is 0.133. The van der Waals surface area contributed by atoms with E-state index >= 15 is 0 Å². The van der Waals surface area contributed by atoms with Crippen LogP contribution in [-0.2, 0) is 0 Å². The lowest BCUT2D eigenvalue weighted by Gasteiger charge is -2.20. The highest BCUT2D eigenvalue weighted by molar-refractivity contribution is 6.12. The predicted octanol–water partition coefficient (Wildman–Crippen LogP) is 2.35. The zero-order valence-corrected chi connectivity index (χ0v) is 10.4. The van der Waals surface area contributed by atoms with Gasteiger partial charge in [0.1, 0.15) is 5.75 Å². The average molecular weight is 255 g/mol. The first kappa shape index (κ1) is 11.7. The molecule has 0 bridgehead atoms. The summed E-state index contributed by atoms with van der Waals surface area (Å²) in [4.78, 5) is 13.8.